The molecule has 158 valence electrons. The Hall–Kier alpha value is -3.59. The van der Waals surface area contributed by atoms with E-state index in [4.69, 9.17) is 10.5 Å². The number of rotatable bonds is 5. The average Bonchev–Trinajstić information content (AvgIpc) is 3.42. The molecule has 1 atom stereocenters. The first-order chi connectivity index (χ1) is 15.1. The molecule has 0 amide bonds. The van der Waals surface area contributed by atoms with Crippen molar-refractivity contribution in [1.82, 2.24) is 25.5 Å². The number of aromatic nitrogens is 4. The quantitative estimate of drug-likeness (QED) is 0.450. The fourth-order valence-electron chi connectivity index (χ4n) is 3.84. The zero-order chi connectivity index (χ0) is 21.4. The minimum Gasteiger partial charge on any atom is -0.451 e. The van der Waals surface area contributed by atoms with E-state index in [1.807, 2.05) is 0 Å². The molecule has 4 N–H and O–H groups in total. The molecule has 1 fully saturated rings. The van der Waals surface area contributed by atoms with Crippen LogP contribution in [0.4, 0.5) is 14.6 Å². The van der Waals surface area contributed by atoms with Gasteiger partial charge in [0.25, 0.3) is 0 Å². The second kappa shape index (κ2) is 7.92. The highest BCUT2D eigenvalue weighted by Gasteiger charge is 2.19. The van der Waals surface area contributed by atoms with Crippen molar-refractivity contribution in [3.8, 4) is 22.8 Å². The molecular weight excluding hydrogens is 402 g/mol. The van der Waals surface area contributed by atoms with Crippen LogP contribution >= 0.6 is 0 Å². The third-order valence-electron chi connectivity index (χ3n) is 5.36. The van der Waals surface area contributed by atoms with Gasteiger partial charge in [-0.1, -0.05) is 6.07 Å². The number of hydrogen-bond acceptors (Lipinski definition) is 6. The molecule has 1 saturated heterocycles. The molecule has 2 aromatic heterocycles. The first-order valence-electron chi connectivity index (χ1n) is 10.0. The zero-order valence-electron chi connectivity index (χ0n) is 16.5. The van der Waals surface area contributed by atoms with Crippen LogP contribution in [0.1, 0.15) is 18.7 Å². The molecule has 4 aromatic rings. The number of halogens is 2. The van der Waals surface area contributed by atoms with Gasteiger partial charge in [-0.2, -0.15) is 5.10 Å². The molecule has 1 aliphatic rings. The van der Waals surface area contributed by atoms with E-state index in [1.165, 1.54) is 6.07 Å². The van der Waals surface area contributed by atoms with Gasteiger partial charge in [0.05, 0.1) is 11.1 Å². The maximum Gasteiger partial charge on any atom is 0.198 e. The minimum atomic E-state index is -0.767. The lowest BCUT2D eigenvalue weighted by Crippen LogP contribution is -2.24. The van der Waals surface area contributed by atoms with E-state index in [0.717, 1.165) is 37.1 Å². The fraction of sp³-hybridized carbons (Fsp3) is 0.227. The number of anilines is 1. The van der Waals surface area contributed by atoms with Crippen LogP contribution in [0.5, 0.6) is 11.5 Å². The van der Waals surface area contributed by atoms with Crippen LogP contribution in [-0.4, -0.2) is 32.8 Å². The summed E-state index contributed by atoms with van der Waals surface area (Å²) in [6.45, 7) is 1.01. The summed E-state index contributed by atoms with van der Waals surface area (Å²) in [6.07, 6.45) is 2.96. The minimum absolute atomic E-state index is 0.298. The van der Waals surface area contributed by atoms with Gasteiger partial charge < -0.3 is 15.8 Å². The molecule has 31 heavy (non-hydrogen) atoms. The van der Waals surface area contributed by atoms with Crippen LogP contribution in [-0.2, 0) is 6.42 Å². The molecule has 9 heteroatoms. The van der Waals surface area contributed by atoms with Gasteiger partial charge >= 0.3 is 0 Å². The lowest BCUT2D eigenvalue weighted by Gasteiger charge is -2.10. The van der Waals surface area contributed by atoms with Crippen molar-refractivity contribution >= 4 is 16.9 Å². The lowest BCUT2D eigenvalue weighted by molar-refractivity contribution is 0.407. The molecule has 0 radical (unpaired) electrons. The number of ether oxygens (including phenoxy) is 1. The standard InChI is InChI=1S/C22H20F2N6O/c23-15-4-1-5-16(24)20(15)31-14-8-6-12(7-9-14)19-18-21(25)27-17(28-22(18)30-29-19)11-13-3-2-10-26-13/h1,4-9,13,26H,2-3,10-11H2,(H3,25,27,28,29,30)/t13-/m1/s1. The van der Waals surface area contributed by atoms with Gasteiger partial charge in [0, 0.05) is 18.0 Å². The number of H-pyrrole nitrogens is 1. The highest BCUT2D eigenvalue weighted by Crippen LogP contribution is 2.32. The maximum atomic E-state index is 13.8. The van der Waals surface area contributed by atoms with Crippen molar-refractivity contribution < 1.29 is 13.5 Å². The number of para-hydroxylation sites is 1. The summed E-state index contributed by atoms with van der Waals surface area (Å²) in [5.41, 5.74) is 8.18. The topological polar surface area (TPSA) is 102 Å². The summed E-state index contributed by atoms with van der Waals surface area (Å²) in [5.74, 6) is -0.653. The molecule has 3 heterocycles. The number of benzene rings is 2. The second-order valence-corrected chi connectivity index (χ2v) is 7.50. The van der Waals surface area contributed by atoms with Crippen molar-refractivity contribution in [2.75, 3.05) is 12.3 Å². The van der Waals surface area contributed by atoms with Crippen molar-refractivity contribution in [2.24, 2.45) is 0 Å². The Morgan fingerprint density at radius 2 is 1.84 bits per heavy atom. The first-order valence-corrected chi connectivity index (χ1v) is 10.0. The largest absolute Gasteiger partial charge is 0.451 e. The Morgan fingerprint density at radius 3 is 2.55 bits per heavy atom. The van der Waals surface area contributed by atoms with Gasteiger partial charge in [-0.25, -0.2) is 18.7 Å². The summed E-state index contributed by atoms with van der Waals surface area (Å²) in [7, 11) is 0. The summed E-state index contributed by atoms with van der Waals surface area (Å²) in [6, 6.07) is 10.7. The van der Waals surface area contributed by atoms with Gasteiger partial charge in [-0.15, -0.1) is 0 Å². The van der Waals surface area contributed by atoms with Crippen molar-refractivity contribution in [2.45, 2.75) is 25.3 Å². The first kappa shape index (κ1) is 19.4. The highest BCUT2D eigenvalue weighted by atomic mass is 19.1. The molecule has 2 aromatic carbocycles. The normalized spacial score (nSPS) is 16.1. The Balaban J connectivity index is 1.41. The Bertz CT molecular complexity index is 1210. The number of nitrogens with two attached hydrogens (primary N) is 1. The van der Waals surface area contributed by atoms with Crippen LogP contribution in [0.2, 0.25) is 0 Å². The molecule has 0 spiro atoms. The molecule has 0 unspecified atom stereocenters. The van der Waals surface area contributed by atoms with Gasteiger partial charge in [-0.3, -0.25) is 5.10 Å². The third-order valence-corrected chi connectivity index (χ3v) is 5.36. The van der Waals surface area contributed by atoms with E-state index in [-0.39, 0.29) is 0 Å². The number of nitrogens with one attached hydrogen (secondary N) is 2. The van der Waals surface area contributed by atoms with E-state index in [0.29, 0.717) is 46.6 Å². The van der Waals surface area contributed by atoms with Crippen molar-refractivity contribution in [1.29, 1.82) is 0 Å². The maximum absolute atomic E-state index is 13.8. The highest BCUT2D eigenvalue weighted by molar-refractivity contribution is 5.98. The number of hydrogen-bond donors (Lipinski definition) is 3. The molecular formula is C22H20F2N6O. The summed E-state index contributed by atoms with van der Waals surface area (Å²) < 4.78 is 33.0. The predicted octanol–water partition coefficient (Wildman–Crippen LogP) is 3.97. The van der Waals surface area contributed by atoms with Crippen molar-refractivity contribution in [3.63, 3.8) is 0 Å². The Morgan fingerprint density at radius 1 is 1.06 bits per heavy atom. The van der Waals surface area contributed by atoms with Crippen molar-refractivity contribution in [3.05, 3.63) is 59.9 Å². The predicted molar refractivity (Wildman–Crippen MR) is 113 cm³/mol. The van der Waals surface area contributed by atoms with E-state index in [1.54, 1.807) is 24.3 Å². The number of nitrogen functional groups attached to an aromatic ring is 1. The lowest BCUT2D eigenvalue weighted by atomic mass is 10.1. The monoisotopic (exact) mass is 422 g/mol. The third kappa shape index (κ3) is 3.79. The summed E-state index contributed by atoms with van der Waals surface area (Å²) in [4.78, 5) is 9.03. The van der Waals surface area contributed by atoms with Gasteiger partial charge in [-0.05, 0) is 55.8 Å². The Labute approximate surface area is 176 Å². The Kier molecular flexibility index (Phi) is 4.95. The molecule has 7 nitrogen and oxygen atoms in total. The molecule has 5 rings (SSSR count). The van der Waals surface area contributed by atoms with E-state index in [2.05, 4.69) is 25.5 Å². The molecule has 0 saturated carbocycles. The second-order valence-electron chi connectivity index (χ2n) is 7.50. The number of fused-ring (bicyclic) bond motifs is 1. The molecule has 1 aliphatic heterocycles. The van der Waals surface area contributed by atoms with Gasteiger partial charge in [0.1, 0.15) is 17.4 Å². The summed E-state index contributed by atoms with van der Waals surface area (Å²) in [5, 5.41) is 11.3. The van der Waals surface area contributed by atoms with E-state index >= 15 is 0 Å². The SMILES string of the molecule is Nc1nc(C[C@H]2CCCN2)nc2n[nH]c(-c3ccc(Oc4c(F)cccc4F)cc3)c12. The molecule has 0 bridgehead atoms. The van der Waals surface area contributed by atoms with Crippen LogP contribution in [0.25, 0.3) is 22.3 Å². The van der Waals surface area contributed by atoms with Crippen LogP contribution in [0.15, 0.2) is 42.5 Å². The van der Waals surface area contributed by atoms with Gasteiger partial charge in [0.15, 0.2) is 23.0 Å². The van der Waals surface area contributed by atoms with Gasteiger partial charge in [0.2, 0.25) is 0 Å². The number of nitrogens with zero attached hydrogens (tertiary/aromatic N) is 3. The van der Waals surface area contributed by atoms with Crippen LogP contribution in [0.3, 0.4) is 0 Å². The van der Waals surface area contributed by atoms with E-state index < -0.39 is 17.4 Å². The van der Waals surface area contributed by atoms with E-state index in [9.17, 15) is 8.78 Å². The van der Waals surface area contributed by atoms with Crippen LogP contribution < -0.4 is 15.8 Å². The average molecular weight is 422 g/mol. The fourth-order valence-corrected chi connectivity index (χ4v) is 3.84. The molecule has 0 aliphatic carbocycles. The number of aromatic amines is 1. The van der Waals surface area contributed by atoms with Crippen LogP contribution in [0, 0.1) is 11.6 Å². The zero-order valence-corrected chi connectivity index (χ0v) is 16.5. The smallest absolute Gasteiger partial charge is 0.198 e. The summed E-state index contributed by atoms with van der Waals surface area (Å²) >= 11 is 0.